The maximum Gasteiger partial charge on any atom is 0.257 e. The normalized spacial score (nSPS) is 10.6. The number of nitrogens with one attached hydrogen (secondary N) is 1. The fourth-order valence-corrected chi connectivity index (χ4v) is 2.59. The van der Waals surface area contributed by atoms with Crippen LogP contribution in [0.4, 0.5) is 0 Å². The Bertz CT molecular complexity index is 511. The first-order chi connectivity index (χ1) is 8.59. The van der Waals surface area contributed by atoms with Gasteiger partial charge in [0.1, 0.15) is 0 Å². The summed E-state index contributed by atoms with van der Waals surface area (Å²) < 4.78 is 0. The molecule has 0 aromatic carbocycles. The first-order valence-electron chi connectivity index (χ1n) is 5.89. The fraction of sp³-hybridized carbons (Fsp3) is 0.385. The summed E-state index contributed by atoms with van der Waals surface area (Å²) in [6.07, 6.45) is 0.899. The number of carbonyl (C=O) groups is 1. The summed E-state index contributed by atoms with van der Waals surface area (Å²) >= 11 is 1.72. The van der Waals surface area contributed by atoms with Gasteiger partial charge in [0.25, 0.3) is 5.91 Å². The zero-order valence-electron chi connectivity index (χ0n) is 10.9. The molecule has 0 saturated carbocycles. The van der Waals surface area contributed by atoms with Crippen LogP contribution in [0.15, 0.2) is 17.5 Å². The summed E-state index contributed by atoms with van der Waals surface area (Å²) in [5.41, 5.74) is 2.30. The number of likely N-dealkylation sites (N-methyl/N-ethyl adjacent to an activating group) is 1. The van der Waals surface area contributed by atoms with Gasteiger partial charge >= 0.3 is 0 Å². The molecule has 0 saturated heterocycles. The third-order valence-corrected chi connectivity index (χ3v) is 3.90. The zero-order valence-corrected chi connectivity index (χ0v) is 11.7. The molecule has 4 nitrogen and oxygen atoms in total. The second kappa shape index (κ2) is 5.35. The molecule has 2 aromatic heterocycles. The Labute approximate surface area is 111 Å². The molecule has 0 atom stereocenters. The molecule has 0 bridgehead atoms. The number of aromatic nitrogens is 2. The van der Waals surface area contributed by atoms with Crippen molar-refractivity contribution in [3.05, 3.63) is 39.3 Å². The number of thiophene rings is 1. The van der Waals surface area contributed by atoms with Crippen LogP contribution in [0.5, 0.6) is 0 Å². The summed E-state index contributed by atoms with van der Waals surface area (Å²) in [6.45, 7) is 4.45. The lowest BCUT2D eigenvalue weighted by atomic mass is 10.1. The molecular weight excluding hydrogens is 246 g/mol. The molecule has 0 aliphatic carbocycles. The number of nitrogens with zero attached hydrogens (tertiary/aromatic N) is 2. The number of aromatic amines is 1. The van der Waals surface area contributed by atoms with Crippen molar-refractivity contribution in [1.82, 2.24) is 15.1 Å². The van der Waals surface area contributed by atoms with E-state index < -0.39 is 0 Å². The molecule has 2 heterocycles. The Morgan fingerprint density at radius 3 is 2.83 bits per heavy atom. The van der Waals surface area contributed by atoms with Crippen LogP contribution in [0.3, 0.4) is 0 Å². The number of carbonyl (C=O) groups excluding carboxylic acids is 1. The van der Waals surface area contributed by atoms with Gasteiger partial charge in [-0.2, -0.15) is 5.10 Å². The molecule has 18 heavy (non-hydrogen) atoms. The molecule has 1 amide bonds. The van der Waals surface area contributed by atoms with Gasteiger partial charge in [-0.1, -0.05) is 6.07 Å². The molecule has 2 aromatic rings. The molecule has 0 fully saturated rings. The van der Waals surface area contributed by atoms with Crippen LogP contribution in [0.25, 0.3) is 0 Å². The van der Waals surface area contributed by atoms with E-state index in [1.54, 1.807) is 16.2 Å². The van der Waals surface area contributed by atoms with Crippen LogP contribution < -0.4 is 0 Å². The molecular formula is C13H17N3OS. The Hall–Kier alpha value is -1.62. The van der Waals surface area contributed by atoms with Gasteiger partial charge in [-0.15, -0.1) is 11.3 Å². The van der Waals surface area contributed by atoms with Crippen molar-refractivity contribution in [2.24, 2.45) is 0 Å². The largest absolute Gasteiger partial charge is 0.341 e. The van der Waals surface area contributed by atoms with E-state index in [0.29, 0.717) is 5.56 Å². The van der Waals surface area contributed by atoms with Gasteiger partial charge < -0.3 is 4.90 Å². The minimum Gasteiger partial charge on any atom is -0.341 e. The smallest absolute Gasteiger partial charge is 0.257 e. The van der Waals surface area contributed by atoms with Gasteiger partial charge in [-0.05, 0) is 31.7 Å². The monoisotopic (exact) mass is 263 g/mol. The maximum atomic E-state index is 12.3. The topological polar surface area (TPSA) is 49.0 Å². The van der Waals surface area contributed by atoms with E-state index in [2.05, 4.69) is 21.6 Å². The lowest BCUT2D eigenvalue weighted by Gasteiger charge is -2.16. The third kappa shape index (κ3) is 2.61. The van der Waals surface area contributed by atoms with E-state index in [9.17, 15) is 4.79 Å². The second-order valence-electron chi connectivity index (χ2n) is 4.37. The van der Waals surface area contributed by atoms with Crippen molar-refractivity contribution in [1.29, 1.82) is 0 Å². The molecule has 1 N–H and O–H groups in total. The standard InChI is InChI=1S/C13H17N3OS/c1-9-12(10(2)15-14-9)13(17)16(3)7-6-11-5-4-8-18-11/h4-5,8H,6-7H2,1-3H3,(H,14,15). The maximum absolute atomic E-state index is 12.3. The molecule has 2 rings (SSSR count). The zero-order chi connectivity index (χ0) is 13.1. The molecule has 0 spiro atoms. The highest BCUT2D eigenvalue weighted by Gasteiger charge is 2.18. The summed E-state index contributed by atoms with van der Waals surface area (Å²) in [5.74, 6) is 0.0373. The van der Waals surface area contributed by atoms with Gasteiger partial charge in [-0.25, -0.2) is 0 Å². The third-order valence-electron chi connectivity index (χ3n) is 2.96. The molecule has 96 valence electrons. The van der Waals surface area contributed by atoms with Gasteiger partial charge in [0, 0.05) is 24.2 Å². The Morgan fingerprint density at radius 1 is 1.50 bits per heavy atom. The van der Waals surface area contributed by atoms with Crippen LogP contribution in [0, 0.1) is 13.8 Å². The highest BCUT2D eigenvalue weighted by atomic mass is 32.1. The van der Waals surface area contributed by atoms with Crippen molar-refractivity contribution in [3.8, 4) is 0 Å². The molecule has 0 radical (unpaired) electrons. The highest BCUT2D eigenvalue weighted by molar-refractivity contribution is 7.09. The van der Waals surface area contributed by atoms with Crippen LogP contribution in [0.1, 0.15) is 26.6 Å². The predicted molar refractivity (Wildman–Crippen MR) is 73.0 cm³/mol. The molecule has 0 aliphatic heterocycles. The van der Waals surface area contributed by atoms with Crippen LogP contribution >= 0.6 is 11.3 Å². The van der Waals surface area contributed by atoms with E-state index in [4.69, 9.17) is 0 Å². The van der Waals surface area contributed by atoms with Crippen molar-refractivity contribution in [3.63, 3.8) is 0 Å². The number of amides is 1. The van der Waals surface area contributed by atoms with E-state index >= 15 is 0 Å². The van der Waals surface area contributed by atoms with Gasteiger partial charge in [0.2, 0.25) is 0 Å². The summed E-state index contributed by atoms with van der Waals surface area (Å²) in [4.78, 5) is 15.3. The van der Waals surface area contributed by atoms with Crippen molar-refractivity contribution in [2.75, 3.05) is 13.6 Å². The molecule has 0 aliphatic rings. The number of hydrogen-bond acceptors (Lipinski definition) is 3. The van der Waals surface area contributed by atoms with E-state index in [0.717, 1.165) is 24.4 Å². The van der Waals surface area contributed by atoms with Crippen molar-refractivity contribution in [2.45, 2.75) is 20.3 Å². The van der Waals surface area contributed by atoms with Crippen LogP contribution in [-0.2, 0) is 6.42 Å². The van der Waals surface area contributed by atoms with Gasteiger partial charge in [0.15, 0.2) is 0 Å². The highest BCUT2D eigenvalue weighted by Crippen LogP contribution is 2.14. The van der Waals surface area contributed by atoms with Crippen molar-refractivity contribution < 1.29 is 4.79 Å². The Kier molecular flexibility index (Phi) is 3.81. The summed E-state index contributed by atoms with van der Waals surface area (Å²) in [5, 5.41) is 8.96. The quantitative estimate of drug-likeness (QED) is 0.921. The van der Waals surface area contributed by atoms with E-state index in [1.165, 1.54) is 4.88 Å². The van der Waals surface area contributed by atoms with E-state index in [-0.39, 0.29) is 5.91 Å². The van der Waals surface area contributed by atoms with Crippen LogP contribution in [-0.4, -0.2) is 34.6 Å². The lowest BCUT2D eigenvalue weighted by molar-refractivity contribution is 0.0795. The average molecular weight is 263 g/mol. The Balaban J connectivity index is 2.01. The first kappa shape index (κ1) is 12.8. The lowest BCUT2D eigenvalue weighted by Crippen LogP contribution is -2.29. The van der Waals surface area contributed by atoms with Crippen LogP contribution in [0.2, 0.25) is 0 Å². The number of H-pyrrole nitrogens is 1. The Morgan fingerprint density at radius 2 is 2.28 bits per heavy atom. The average Bonchev–Trinajstić information content (AvgIpc) is 2.96. The summed E-state index contributed by atoms with van der Waals surface area (Å²) in [6, 6.07) is 4.13. The first-order valence-corrected chi connectivity index (χ1v) is 6.77. The minimum absolute atomic E-state index is 0.0373. The molecule has 5 heteroatoms. The molecule has 0 unspecified atom stereocenters. The summed E-state index contributed by atoms with van der Waals surface area (Å²) in [7, 11) is 1.84. The van der Waals surface area contributed by atoms with E-state index in [1.807, 2.05) is 27.0 Å². The minimum atomic E-state index is 0.0373. The number of hydrogen-bond donors (Lipinski definition) is 1. The SMILES string of the molecule is Cc1n[nH]c(C)c1C(=O)N(C)CCc1cccs1. The number of rotatable bonds is 4. The van der Waals surface area contributed by atoms with Crippen molar-refractivity contribution >= 4 is 17.2 Å². The fourth-order valence-electron chi connectivity index (χ4n) is 1.89. The number of aryl methyl sites for hydroxylation is 2. The second-order valence-corrected chi connectivity index (χ2v) is 5.40. The predicted octanol–water partition coefficient (Wildman–Crippen LogP) is 2.40. The van der Waals surface area contributed by atoms with Gasteiger partial charge in [0.05, 0.1) is 11.3 Å². The van der Waals surface area contributed by atoms with Gasteiger partial charge in [-0.3, -0.25) is 9.89 Å².